The van der Waals surface area contributed by atoms with Crippen LogP contribution in [0.1, 0.15) is 69.9 Å². The number of thiazole rings is 1. The molecule has 49 heavy (non-hydrogen) atoms. The molecular formula is C38H45FN6O3S. The molecule has 6 rings (SSSR count). The van der Waals surface area contributed by atoms with Gasteiger partial charge >= 0.3 is 0 Å². The number of hydrogen-bond donors (Lipinski definition) is 2. The van der Waals surface area contributed by atoms with Crippen molar-refractivity contribution in [2.75, 3.05) is 39.8 Å². The maximum Gasteiger partial charge on any atom is 0.270 e. The third-order valence-corrected chi connectivity index (χ3v) is 10.2. The minimum atomic E-state index is -0.617. The molecule has 0 bridgehead atoms. The van der Waals surface area contributed by atoms with Gasteiger partial charge in [0.1, 0.15) is 22.8 Å². The number of ether oxygens (including phenoxy) is 1. The SMILES string of the molecule is Cc1nc(C(=O)N[C@H]2CC[C@H](NC(=O)c3cc(F)cnc3Oc3cccc(-c4ccc(CCCN5CCCN(C)CC5)cc4)c3)CC2)cs1. The van der Waals surface area contributed by atoms with Gasteiger partial charge in [0.2, 0.25) is 5.88 Å². The molecule has 2 aliphatic rings. The molecule has 1 aliphatic carbocycles. The van der Waals surface area contributed by atoms with Crippen molar-refractivity contribution in [1.82, 2.24) is 30.4 Å². The molecule has 1 saturated heterocycles. The molecule has 11 heteroatoms. The van der Waals surface area contributed by atoms with Gasteiger partial charge in [-0.05, 0) is 113 Å². The van der Waals surface area contributed by atoms with Crippen LogP contribution in [0.2, 0.25) is 0 Å². The average molecular weight is 685 g/mol. The minimum Gasteiger partial charge on any atom is -0.438 e. The first-order valence-corrected chi connectivity index (χ1v) is 18.1. The van der Waals surface area contributed by atoms with Gasteiger partial charge in [-0.2, -0.15) is 0 Å². The summed E-state index contributed by atoms with van der Waals surface area (Å²) in [6.45, 7) is 7.64. The summed E-state index contributed by atoms with van der Waals surface area (Å²) in [6.07, 6.45) is 7.27. The Balaban J connectivity index is 1.02. The number of pyridine rings is 1. The predicted octanol–water partition coefficient (Wildman–Crippen LogP) is 6.49. The molecule has 1 aliphatic heterocycles. The van der Waals surface area contributed by atoms with E-state index >= 15 is 0 Å². The molecule has 4 aromatic rings. The van der Waals surface area contributed by atoms with Gasteiger partial charge in [0.15, 0.2) is 0 Å². The monoisotopic (exact) mass is 684 g/mol. The van der Waals surface area contributed by atoms with E-state index in [0.717, 1.165) is 73.7 Å². The highest BCUT2D eigenvalue weighted by molar-refractivity contribution is 7.09. The number of halogens is 1. The standard InChI is InChI=1S/C38H45FN6O3S/c1-26-41-35(25-49-26)37(47)43-32-15-13-31(14-16-32)42-36(46)34-23-30(39)24-40-38(34)48-33-8-3-7-29(22-33)28-11-9-27(10-12-28)6-4-18-45-19-5-17-44(2)20-21-45/h3,7-12,22-25,31-32H,4-6,13-21H2,1-2H3,(H,42,46)(H,43,47)/t31-,32-. The first-order valence-electron chi connectivity index (χ1n) is 17.3. The molecule has 3 heterocycles. The summed E-state index contributed by atoms with van der Waals surface area (Å²) in [4.78, 5) is 39.2. The summed E-state index contributed by atoms with van der Waals surface area (Å²) in [6, 6.07) is 17.3. The van der Waals surface area contributed by atoms with Crippen LogP contribution in [0.25, 0.3) is 11.1 Å². The van der Waals surface area contributed by atoms with Crippen LogP contribution in [0.15, 0.2) is 66.2 Å². The summed E-state index contributed by atoms with van der Waals surface area (Å²) in [5, 5.41) is 8.68. The quantitative estimate of drug-likeness (QED) is 0.187. The Morgan fingerprint density at radius 2 is 1.69 bits per heavy atom. The largest absolute Gasteiger partial charge is 0.438 e. The zero-order valence-corrected chi connectivity index (χ0v) is 29.1. The number of likely N-dealkylation sites (N-methyl/N-ethyl adjacent to an activating group) is 1. The van der Waals surface area contributed by atoms with Crippen molar-refractivity contribution < 1.29 is 18.7 Å². The van der Waals surface area contributed by atoms with Crippen molar-refractivity contribution in [3.8, 4) is 22.8 Å². The van der Waals surface area contributed by atoms with Gasteiger partial charge in [0.05, 0.1) is 11.2 Å². The fraction of sp³-hybridized carbons (Fsp3) is 0.421. The predicted molar refractivity (Wildman–Crippen MR) is 191 cm³/mol. The zero-order chi connectivity index (χ0) is 34.2. The lowest BCUT2D eigenvalue weighted by Crippen LogP contribution is -2.44. The lowest BCUT2D eigenvalue weighted by molar-refractivity contribution is 0.0888. The van der Waals surface area contributed by atoms with Crippen LogP contribution >= 0.6 is 11.3 Å². The van der Waals surface area contributed by atoms with E-state index in [0.29, 0.717) is 24.3 Å². The fourth-order valence-electron chi connectivity index (χ4n) is 6.59. The van der Waals surface area contributed by atoms with Crippen LogP contribution in [0.3, 0.4) is 0 Å². The smallest absolute Gasteiger partial charge is 0.270 e. The highest BCUT2D eigenvalue weighted by atomic mass is 32.1. The van der Waals surface area contributed by atoms with E-state index in [1.54, 1.807) is 11.4 Å². The van der Waals surface area contributed by atoms with Crippen molar-refractivity contribution in [3.05, 3.63) is 93.8 Å². The first kappa shape index (κ1) is 34.7. The minimum absolute atomic E-state index is 0.0118. The van der Waals surface area contributed by atoms with Crippen molar-refractivity contribution in [2.45, 2.75) is 64.0 Å². The van der Waals surface area contributed by atoms with E-state index in [4.69, 9.17) is 4.74 Å². The van der Waals surface area contributed by atoms with Crippen LogP contribution in [-0.4, -0.2) is 83.4 Å². The number of rotatable bonds is 11. The van der Waals surface area contributed by atoms with Gasteiger partial charge in [0.25, 0.3) is 11.8 Å². The lowest BCUT2D eigenvalue weighted by Gasteiger charge is -2.29. The molecule has 2 amide bonds. The number of hydrogen-bond acceptors (Lipinski definition) is 8. The first-order chi connectivity index (χ1) is 23.8. The van der Waals surface area contributed by atoms with Crippen molar-refractivity contribution in [1.29, 1.82) is 0 Å². The second-order valence-corrected chi connectivity index (χ2v) is 14.2. The molecule has 0 unspecified atom stereocenters. The van der Waals surface area contributed by atoms with Crippen LogP contribution in [0, 0.1) is 12.7 Å². The number of carbonyl (C=O) groups excluding carboxylic acids is 2. The van der Waals surface area contributed by atoms with Crippen molar-refractivity contribution in [2.24, 2.45) is 0 Å². The topological polar surface area (TPSA) is 99.7 Å². The van der Waals surface area contributed by atoms with Crippen LogP contribution < -0.4 is 15.4 Å². The number of aromatic nitrogens is 2. The normalized spacial score (nSPS) is 18.8. The average Bonchev–Trinajstić information content (AvgIpc) is 3.44. The Labute approximate surface area is 291 Å². The van der Waals surface area contributed by atoms with E-state index in [1.165, 1.54) is 36.4 Å². The molecule has 2 N–H and O–H groups in total. The summed E-state index contributed by atoms with van der Waals surface area (Å²) >= 11 is 1.44. The molecule has 0 atom stereocenters. The molecule has 2 aromatic heterocycles. The Morgan fingerprint density at radius 1 is 0.939 bits per heavy atom. The third-order valence-electron chi connectivity index (χ3n) is 9.40. The third kappa shape index (κ3) is 9.71. The van der Waals surface area contributed by atoms with Crippen LogP contribution in [-0.2, 0) is 6.42 Å². The van der Waals surface area contributed by atoms with E-state index in [2.05, 4.69) is 61.7 Å². The molecule has 2 aromatic carbocycles. The summed E-state index contributed by atoms with van der Waals surface area (Å²) in [5.74, 6) is -0.684. The molecule has 0 spiro atoms. The highest BCUT2D eigenvalue weighted by Crippen LogP contribution is 2.29. The Bertz CT molecular complexity index is 1720. The molecule has 2 fully saturated rings. The molecule has 1 saturated carbocycles. The number of benzene rings is 2. The van der Waals surface area contributed by atoms with Gasteiger partial charge in [0, 0.05) is 30.6 Å². The second-order valence-electron chi connectivity index (χ2n) is 13.2. The molecule has 0 radical (unpaired) electrons. The lowest BCUT2D eigenvalue weighted by atomic mass is 9.91. The number of amides is 2. The Hall–Kier alpha value is -4.19. The van der Waals surface area contributed by atoms with Gasteiger partial charge in [-0.15, -0.1) is 11.3 Å². The summed E-state index contributed by atoms with van der Waals surface area (Å²) in [7, 11) is 2.20. The Morgan fingerprint density at radius 3 is 2.43 bits per heavy atom. The van der Waals surface area contributed by atoms with Crippen LogP contribution in [0.5, 0.6) is 11.6 Å². The van der Waals surface area contributed by atoms with Gasteiger partial charge < -0.3 is 25.2 Å². The summed E-state index contributed by atoms with van der Waals surface area (Å²) in [5.41, 5.74) is 3.82. The maximum atomic E-state index is 14.3. The van der Waals surface area contributed by atoms with Gasteiger partial charge in [-0.3, -0.25) is 9.59 Å². The number of nitrogens with zero attached hydrogens (tertiary/aromatic N) is 4. The fourth-order valence-corrected chi connectivity index (χ4v) is 7.18. The number of nitrogens with one attached hydrogen (secondary N) is 2. The van der Waals surface area contributed by atoms with Crippen LogP contribution in [0.4, 0.5) is 4.39 Å². The zero-order valence-electron chi connectivity index (χ0n) is 28.3. The molecule has 258 valence electrons. The maximum absolute atomic E-state index is 14.3. The van der Waals surface area contributed by atoms with Gasteiger partial charge in [-0.1, -0.05) is 36.4 Å². The number of aryl methyl sites for hydroxylation is 2. The Kier molecular flexibility index (Phi) is 11.7. The molecule has 9 nitrogen and oxygen atoms in total. The van der Waals surface area contributed by atoms with Gasteiger partial charge in [-0.25, -0.2) is 14.4 Å². The van der Waals surface area contributed by atoms with E-state index in [1.807, 2.05) is 25.1 Å². The van der Waals surface area contributed by atoms with E-state index in [9.17, 15) is 14.0 Å². The van der Waals surface area contributed by atoms with Crippen molar-refractivity contribution in [3.63, 3.8) is 0 Å². The van der Waals surface area contributed by atoms with E-state index in [-0.39, 0.29) is 29.4 Å². The highest BCUT2D eigenvalue weighted by Gasteiger charge is 2.26. The van der Waals surface area contributed by atoms with Crippen molar-refractivity contribution >= 4 is 23.2 Å². The summed E-state index contributed by atoms with van der Waals surface area (Å²) < 4.78 is 20.4. The second kappa shape index (κ2) is 16.5. The molecular weight excluding hydrogens is 640 g/mol. The number of carbonyl (C=O) groups is 2. The van der Waals surface area contributed by atoms with E-state index < -0.39 is 11.7 Å².